The number of aromatic nitrogens is 1. The Balaban J connectivity index is 1.56. The van der Waals surface area contributed by atoms with Crippen LogP contribution < -0.4 is 5.32 Å². The molecule has 0 atom stereocenters. The molecule has 4 rings (SSSR count). The third-order valence-corrected chi connectivity index (χ3v) is 7.00. The molecule has 1 aromatic heterocycles. The summed E-state index contributed by atoms with van der Waals surface area (Å²) in [7, 11) is 0. The fraction of sp³-hybridized carbons (Fsp3) is 0.333. The van der Waals surface area contributed by atoms with E-state index in [0.717, 1.165) is 48.7 Å². The number of hydrogen-bond acceptors (Lipinski definition) is 4. The summed E-state index contributed by atoms with van der Waals surface area (Å²) in [5.41, 5.74) is 2.77. The Labute approximate surface area is 176 Å². The molecule has 1 amide bonds. The van der Waals surface area contributed by atoms with Crippen LogP contribution in [0.15, 0.2) is 66.0 Å². The molecule has 0 saturated carbocycles. The molecular formula is C24H27N3OS. The van der Waals surface area contributed by atoms with Crippen LogP contribution in [0.3, 0.4) is 0 Å². The fourth-order valence-corrected chi connectivity index (χ4v) is 5.05. The van der Waals surface area contributed by atoms with Gasteiger partial charge in [0.05, 0.1) is 5.69 Å². The van der Waals surface area contributed by atoms with Crippen molar-refractivity contribution in [2.75, 3.05) is 26.2 Å². The first-order valence-electron chi connectivity index (χ1n) is 10.3. The van der Waals surface area contributed by atoms with E-state index < -0.39 is 0 Å². The van der Waals surface area contributed by atoms with Gasteiger partial charge in [0, 0.05) is 28.5 Å². The first-order valence-corrected chi connectivity index (χ1v) is 11.2. The summed E-state index contributed by atoms with van der Waals surface area (Å²) in [6.45, 7) is 5.98. The molecule has 1 aliphatic heterocycles. The van der Waals surface area contributed by atoms with Crippen molar-refractivity contribution in [1.82, 2.24) is 15.2 Å². The molecule has 0 bridgehead atoms. The molecule has 1 saturated heterocycles. The smallest absolute Gasteiger partial charge is 0.251 e. The fourth-order valence-electron chi connectivity index (χ4n) is 3.96. The van der Waals surface area contributed by atoms with Crippen LogP contribution in [0.25, 0.3) is 11.3 Å². The van der Waals surface area contributed by atoms with Crippen LogP contribution in [0.1, 0.15) is 35.1 Å². The summed E-state index contributed by atoms with van der Waals surface area (Å²) in [4.78, 5) is 20.2. The van der Waals surface area contributed by atoms with Gasteiger partial charge >= 0.3 is 0 Å². The van der Waals surface area contributed by atoms with Crippen LogP contribution in [0, 0.1) is 0 Å². The Hall–Kier alpha value is -2.50. The van der Waals surface area contributed by atoms with E-state index in [1.54, 1.807) is 11.3 Å². The molecule has 0 aliphatic carbocycles. The van der Waals surface area contributed by atoms with Crippen molar-refractivity contribution in [3.8, 4) is 11.3 Å². The van der Waals surface area contributed by atoms with Crippen LogP contribution in [0.5, 0.6) is 0 Å². The summed E-state index contributed by atoms with van der Waals surface area (Å²) in [5, 5.41) is 6.49. The van der Waals surface area contributed by atoms with Crippen molar-refractivity contribution in [3.63, 3.8) is 0 Å². The highest BCUT2D eigenvalue weighted by molar-refractivity contribution is 7.10. The number of nitrogens with one attached hydrogen (secondary N) is 1. The largest absolute Gasteiger partial charge is 0.351 e. The zero-order valence-electron chi connectivity index (χ0n) is 16.8. The molecule has 4 nitrogen and oxygen atoms in total. The third-order valence-electron chi connectivity index (χ3n) is 5.91. The Kier molecular flexibility index (Phi) is 6.07. The number of thiazole rings is 1. The Morgan fingerprint density at radius 1 is 1.07 bits per heavy atom. The standard InChI is InChI=1S/C24H27N3OS/c1-2-27-15-13-24(14-16-27,18-25-22(28)20-11-7-4-8-12-20)23-26-21(17-29-23)19-9-5-3-6-10-19/h3-12,17H,2,13-16,18H2,1H3,(H,25,28). The van der Waals surface area contributed by atoms with E-state index in [1.165, 1.54) is 0 Å². The number of carbonyl (C=O) groups excluding carboxylic acids is 1. The molecule has 2 aromatic carbocycles. The number of hydrogen-bond donors (Lipinski definition) is 1. The van der Waals surface area contributed by atoms with E-state index in [9.17, 15) is 4.79 Å². The Bertz CT molecular complexity index is 931. The highest BCUT2D eigenvalue weighted by Crippen LogP contribution is 2.38. The molecule has 0 radical (unpaired) electrons. The van der Waals surface area contributed by atoms with E-state index in [2.05, 4.69) is 34.7 Å². The van der Waals surface area contributed by atoms with Gasteiger partial charge in [0.25, 0.3) is 5.91 Å². The topological polar surface area (TPSA) is 45.2 Å². The van der Waals surface area contributed by atoms with Crippen molar-refractivity contribution in [2.45, 2.75) is 25.2 Å². The van der Waals surface area contributed by atoms with Crippen LogP contribution >= 0.6 is 11.3 Å². The first-order chi connectivity index (χ1) is 14.2. The number of nitrogens with zero attached hydrogens (tertiary/aromatic N) is 2. The lowest BCUT2D eigenvalue weighted by atomic mass is 9.78. The van der Waals surface area contributed by atoms with E-state index in [1.807, 2.05) is 48.5 Å². The maximum absolute atomic E-state index is 12.7. The summed E-state index contributed by atoms with van der Waals surface area (Å²) in [5.74, 6) is -0.0114. The van der Waals surface area contributed by atoms with Crippen molar-refractivity contribution < 1.29 is 4.79 Å². The molecule has 1 aliphatic rings. The van der Waals surface area contributed by atoms with Gasteiger partial charge < -0.3 is 10.2 Å². The predicted octanol–water partition coefficient (Wildman–Crippen LogP) is 4.59. The highest BCUT2D eigenvalue weighted by Gasteiger charge is 2.39. The first kappa shape index (κ1) is 19.8. The number of amides is 1. The van der Waals surface area contributed by atoms with E-state index in [0.29, 0.717) is 12.1 Å². The lowest BCUT2D eigenvalue weighted by Crippen LogP contribution is -2.48. The average molecular weight is 406 g/mol. The molecule has 2 heterocycles. The molecule has 3 aromatic rings. The van der Waals surface area contributed by atoms with Crippen molar-refractivity contribution in [2.24, 2.45) is 0 Å². The number of rotatable bonds is 6. The number of carbonyl (C=O) groups is 1. The second-order valence-corrected chi connectivity index (χ2v) is 8.53. The molecular weight excluding hydrogens is 378 g/mol. The molecule has 0 spiro atoms. The zero-order chi connectivity index (χ0) is 20.1. The van der Waals surface area contributed by atoms with Gasteiger partial charge in [0.15, 0.2) is 0 Å². The minimum absolute atomic E-state index is 0.0114. The minimum Gasteiger partial charge on any atom is -0.351 e. The predicted molar refractivity (Wildman–Crippen MR) is 119 cm³/mol. The molecule has 150 valence electrons. The van der Waals surface area contributed by atoms with Crippen molar-refractivity contribution >= 4 is 17.2 Å². The van der Waals surface area contributed by atoms with Crippen LogP contribution in [0.4, 0.5) is 0 Å². The second-order valence-electron chi connectivity index (χ2n) is 7.67. The molecule has 29 heavy (non-hydrogen) atoms. The van der Waals surface area contributed by atoms with Crippen molar-refractivity contribution in [3.05, 3.63) is 76.6 Å². The van der Waals surface area contributed by atoms with Gasteiger partial charge in [-0.15, -0.1) is 11.3 Å². The number of benzene rings is 2. The molecule has 1 fully saturated rings. The maximum Gasteiger partial charge on any atom is 0.251 e. The summed E-state index contributed by atoms with van der Waals surface area (Å²) >= 11 is 1.73. The normalized spacial score (nSPS) is 16.4. The summed E-state index contributed by atoms with van der Waals surface area (Å²) in [6, 6.07) is 19.8. The van der Waals surface area contributed by atoms with Crippen molar-refractivity contribution in [1.29, 1.82) is 0 Å². The van der Waals surface area contributed by atoms with E-state index in [4.69, 9.17) is 4.98 Å². The quantitative estimate of drug-likeness (QED) is 0.652. The van der Waals surface area contributed by atoms with Gasteiger partial charge in [0.2, 0.25) is 0 Å². The molecule has 0 unspecified atom stereocenters. The van der Waals surface area contributed by atoms with Gasteiger partial charge in [0.1, 0.15) is 5.01 Å². The second kappa shape index (κ2) is 8.89. The third kappa shape index (κ3) is 4.41. The van der Waals surface area contributed by atoms with Gasteiger partial charge in [-0.05, 0) is 44.6 Å². The molecule has 1 N–H and O–H groups in total. The maximum atomic E-state index is 12.7. The van der Waals surface area contributed by atoms with Gasteiger partial charge in [-0.25, -0.2) is 4.98 Å². The van der Waals surface area contributed by atoms with Gasteiger partial charge in [-0.3, -0.25) is 4.79 Å². The average Bonchev–Trinajstić information content (AvgIpc) is 3.30. The number of piperidine rings is 1. The highest BCUT2D eigenvalue weighted by atomic mass is 32.1. The molecule has 5 heteroatoms. The minimum atomic E-state index is -0.103. The van der Waals surface area contributed by atoms with Crippen LogP contribution in [-0.2, 0) is 5.41 Å². The van der Waals surface area contributed by atoms with E-state index in [-0.39, 0.29) is 11.3 Å². The summed E-state index contributed by atoms with van der Waals surface area (Å²) < 4.78 is 0. The summed E-state index contributed by atoms with van der Waals surface area (Å²) in [6.07, 6.45) is 2.02. The van der Waals surface area contributed by atoms with Gasteiger partial charge in [-0.2, -0.15) is 0 Å². The Morgan fingerprint density at radius 3 is 2.38 bits per heavy atom. The van der Waals surface area contributed by atoms with E-state index >= 15 is 0 Å². The van der Waals surface area contributed by atoms with Crippen LogP contribution in [-0.4, -0.2) is 42.0 Å². The van der Waals surface area contributed by atoms with Gasteiger partial charge in [-0.1, -0.05) is 55.5 Å². The lowest BCUT2D eigenvalue weighted by Gasteiger charge is -2.40. The Morgan fingerprint density at radius 2 is 1.72 bits per heavy atom. The number of likely N-dealkylation sites (tertiary alicyclic amines) is 1. The van der Waals surface area contributed by atoms with Crippen LogP contribution in [0.2, 0.25) is 0 Å². The SMILES string of the molecule is CCN1CCC(CNC(=O)c2ccccc2)(c2nc(-c3ccccc3)cs2)CC1. The lowest BCUT2D eigenvalue weighted by molar-refractivity contribution is 0.0923. The monoisotopic (exact) mass is 405 g/mol. The zero-order valence-corrected chi connectivity index (χ0v) is 17.6.